The third-order valence-corrected chi connectivity index (χ3v) is 3.40. The molecule has 0 spiro atoms. The van der Waals surface area contributed by atoms with Crippen LogP contribution in [0.3, 0.4) is 0 Å². The summed E-state index contributed by atoms with van der Waals surface area (Å²) in [6.45, 7) is 6.77. The summed E-state index contributed by atoms with van der Waals surface area (Å²) in [5, 5.41) is 4.05. The van der Waals surface area contributed by atoms with Gasteiger partial charge in [-0.1, -0.05) is 12.2 Å². The van der Waals surface area contributed by atoms with E-state index in [1.165, 1.54) is 5.56 Å². The number of nitrogens with one attached hydrogen (secondary N) is 2. The highest BCUT2D eigenvalue weighted by Crippen LogP contribution is 2.22. The van der Waals surface area contributed by atoms with E-state index in [1.54, 1.807) is 0 Å². The molecule has 0 bridgehead atoms. The van der Waals surface area contributed by atoms with Crippen LogP contribution in [0.4, 0.5) is 0 Å². The number of H-pyrrole nitrogens is 1. The maximum absolute atomic E-state index is 12.0. The van der Waals surface area contributed by atoms with E-state index in [0.717, 1.165) is 28.6 Å². The molecule has 0 aliphatic carbocycles. The second kappa shape index (κ2) is 5.74. The van der Waals surface area contributed by atoms with Gasteiger partial charge >= 0.3 is 0 Å². The lowest BCUT2D eigenvalue weighted by molar-refractivity contribution is 0.0954. The average Bonchev–Trinajstić information content (AvgIpc) is 2.70. The zero-order valence-electron chi connectivity index (χ0n) is 11.7. The Hall–Kier alpha value is -2.03. The van der Waals surface area contributed by atoms with Crippen LogP contribution in [-0.2, 0) is 0 Å². The number of amides is 1. The maximum Gasteiger partial charge on any atom is 0.251 e. The third-order valence-electron chi connectivity index (χ3n) is 3.40. The first-order valence-electron chi connectivity index (χ1n) is 6.61. The fourth-order valence-corrected chi connectivity index (χ4v) is 2.14. The summed E-state index contributed by atoms with van der Waals surface area (Å²) in [5.41, 5.74) is 4.16. The fraction of sp³-hybridized carbons (Fsp3) is 0.312. The number of hydrogen-bond donors (Lipinski definition) is 2. The topological polar surface area (TPSA) is 44.9 Å². The molecule has 2 rings (SSSR count). The van der Waals surface area contributed by atoms with Gasteiger partial charge in [0.1, 0.15) is 0 Å². The van der Waals surface area contributed by atoms with Gasteiger partial charge in [-0.25, -0.2) is 0 Å². The molecule has 2 aromatic rings. The van der Waals surface area contributed by atoms with Crippen molar-refractivity contribution in [1.82, 2.24) is 10.3 Å². The Morgan fingerprint density at radius 3 is 2.89 bits per heavy atom. The number of hydrogen-bond acceptors (Lipinski definition) is 1. The van der Waals surface area contributed by atoms with Crippen LogP contribution in [0.15, 0.2) is 30.4 Å². The van der Waals surface area contributed by atoms with E-state index in [9.17, 15) is 4.79 Å². The number of aryl methyl sites for hydroxylation is 2. The SMILES string of the molecule is C/C=C/CCNC(=O)c1ccc2[nH]c(C)c(C)c2c1. The monoisotopic (exact) mass is 256 g/mol. The molecule has 3 heteroatoms. The Labute approximate surface area is 113 Å². The van der Waals surface area contributed by atoms with Gasteiger partial charge in [0.05, 0.1) is 0 Å². The van der Waals surface area contributed by atoms with Crippen molar-refractivity contribution < 1.29 is 4.79 Å². The van der Waals surface area contributed by atoms with Crippen LogP contribution in [0, 0.1) is 13.8 Å². The summed E-state index contributed by atoms with van der Waals surface area (Å²) in [6.07, 6.45) is 4.90. The van der Waals surface area contributed by atoms with Gasteiger partial charge in [0.2, 0.25) is 0 Å². The molecule has 0 radical (unpaired) electrons. The molecule has 1 heterocycles. The van der Waals surface area contributed by atoms with Crippen LogP contribution in [0.2, 0.25) is 0 Å². The minimum absolute atomic E-state index is 0.00958. The number of allylic oxidation sites excluding steroid dienone is 1. The van der Waals surface area contributed by atoms with Crippen LogP contribution in [0.1, 0.15) is 35.0 Å². The van der Waals surface area contributed by atoms with Crippen molar-refractivity contribution in [1.29, 1.82) is 0 Å². The van der Waals surface area contributed by atoms with Crippen LogP contribution < -0.4 is 5.32 Å². The summed E-state index contributed by atoms with van der Waals surface area (Å²) in [5.74, 6) is -0.00958. The van der Waals surface area contributed by atoms with Gasteiger partial charge in [-0.3, -0.25) is 4.79 Å². The largest absolute Gasteiger partial charge is 0.358 e. The highest BCUT2D eigenvalue weighted by molar-refractivity contribution is 5.99. The molecule has 0 aliphatic heterocycles. The Morgan fingerprint density at radius 2 is 2.16 bits per heavy atom. The van der Waals surface area contributed by atoms with Crippen molar-refractivity contribution in [2.75, 3.05) is 6.54 Å². The molecule has 0 unspecified atom stereocenters. The van der Waals surface area contributed by atoms with Gasteiger partial charge in [-0.15, -0.1) is 0 Å². The second-order valence-corrected chi connectivity index (χ2v) is 4.75. The number of aromatic amines is 1. The normalized spacial score (nSPS) is 11.3. The van der Waals surface area contributed by atoms with E-state index in [1.807, 2.05) is 44.2 Å². The number of fused-ring (bicyclic) bond motifs is 1. The third kappa shape index (κ3) is 2.87. The molecule has 19 heavy (non-hydrogen) atoms. The van der Waals surface area contributed by atoms with Gasteiger partial charge in [-0.05, 0) is 51.0 Å². The highest BCUT2D eigenvalue weighted by atomic mass is 16.1. The number of aromatic nitrogens is 1. The molecule has 0 atom stereocenters. The lowest BCUT2D eigenvalue weighted by Gasteiger charge is -2.04. The predicted octanol–water partition coefficient (Wildman–Crippen LogP) is 3.48. The Kier molecular flexibility index (Phi) is 4.05. The van der Waals surface area contributed by atoms with E-state index in [4.69, 9.17) is 0 Å². The van der Waals surface area contributed by atoms with E-state index in [-0.39, 0.29) is 5.91 Å². The highest BCUT2D eigenvalue weighted by Gasteiger charge is 2.09. The zero-order valence-corrected chi connectivity index (χ0v) is 11.7. The Balaban J connectivity index is 2.16. The summed E-state index contributed by atoms with van der Waals surface area (Å²) in [4.78, 5) is 15.3. The van der Waals surface area contributed by atoms with E-state index < -0.39 is 0 Å². The molecule has 0 saturated heterocycles. The van der Waals surface area contributed by atoms with E-state index in [0.29, 0.717) is 6.54 Å². The van der Waals surface area contributed by atoms with E-state index in [2.05, 4.69) is 17.2 Å². The fourth-order valence-electron chi connectivity index (χ4n) is 2.14. The number of benzene rings is 1. The first-order chi connectivity index (χ1) is 9.13. The minimum atomic E-state index is -0.00958. The summed E-state index contributed by atoms with van der Waals surface area (Å²) in [7, 11) is 0. The van der Waals surface area contributed by atoms with Crippen molar-refractivity contribution in [2.24, 2.45) is 0 Å². The second-order valence-electron chi connectivity index (χ2n) is 4.75. The van der Waals surface area contributed by atoms with Crippen LogP contribution in [0.5, 0.6) is 0 Å². The molecule has 2 N–H and O–H groups in total. The lowest BCUT2D eigenvalue weighted by Crippen LogP contribution is -2.23. The maximum atomic E-state index is 12.0. The molecule has 0 saturated carbocycles. The van der Waals surface area contributed by atoms with Crippen molar-refractivity contribution in [3.05, 3.63) is 47.2 Å². The molecule has 0 fully saturated rings. The van der Waals surface area contributed by atoms with Crippen LogP contribution in [0.25, 0.3) is 10.9 Å². The van der Waals surface area contributed by atoms with Crippen molar-refractivity contribution in [3.63, 3.8) is 0 Å². The molecule has 100 valence electrons. The molecular formula is C16H20N2O. The molecule has 1 amide bonds. The Bertz CT molecular complexity index is 623. The van der Waals surface area contributed by atoms with E-state index >= 15 is 0 Å². The van der Waals surface area contributed by atoms with Crippen LogP contribution in [-0.4, -0.2) is 17.4 Å². The molecule has 1 aromatic carbocycles. The molecule has 3 nitrogen and oxygen atoms in total. The van der Waals surface area contributed by atoms with Crippen molar-refractivity contribution in [2.45, 2.75) is 27.2 Å². The number of rotatable bonds is 4. The van der Waals surface area contributed by atoms with Crippen LogP contribution >= 0.6 is 0 Å². The smallest absolute Gasteiger partial charge is 0.251 e. The number of carbonyl (C=O) groups excluding carboxylic acids is 1. The van der Waals surface area contributed by atoms with Crippen molar-refractivity contribution >= 4 is 16.8 Å². The van der Waals surface area contributed by atoms with Gasteiger partial charge in [0.25, 0.3) is 5.91 Å². The molecule has 1 aromatic heterocycles. The average molecular weight is 256 g/mol. The van der Waals surface area contributed by atoms with Gasteiger partial charge in [0, 0.05) is 28.7 Å². The van der Waals surface area contributed by atoms with Gasteiger partial charge in [0.15, 0.2) is 0 Å². The minimum Gasteiger partial charge on any atom is -0.358 e. The zero-order chi connectivity index (χ0) is 13.8. The number of carbonyl (C=O) groups is 1. The summed E-state index contributed by atoms with van der Waals surface area (Å²) >= 11 is 0. The quantitative estimate of drug-likeness (QED) is 0.638. The standard InChI is InChI=1S/C16H20N2O/c1-4-5-6-9-17-16(19)13-7-8-15-14(10-13)11(2)12(3)18-15/h4-5,7-8,10,18H,6,9H2,1-3H3,(H,17,19)/b5-4+. The lowest BCUT2D eigenvalue weighted by atomic mass is 10.1. The molecular weight excluding hydrogens is 236 g/mol. The van der Waals surface area contributed by atoms with Gasteiger partial charge < -0.3 is 10.3 Å². The first kappa shape index (κ1) is 13.4. The Morgan fingerprint density at radius 1 is 1.37 bits per heavy atom. The summed E-state index contributed by atoms with van der Waals surface area (Å²) < 4.78 is 0. The van der Waals surface area contributed by atoms with Crippen molar-refractivity contribution in [3.8, 4) is 0 Å². The molecule has 0 aliphatic rings. The summed E-state index contributed by atoms with van der Waals surface area (Å²) in [6, 6.07) is 5.79. The predicted molar refractivity (Wildman–Crippen MR) is 79.5 cm³/mol. The van der Waals surface area contributed by atoms with Gasteiger partial charge in [-0.2, -0.15) is 0 Å². The first-order valence-corrected chi connectivity index (χ1v) is 6.61.